The van der Waals surface area contributed by atoms with E-state index in [1.807, 2.05) is 0 Å². The van der Waals surface area contributed by atoms with Gasteiger partial charge in [0, 0.05) is 37.6 Å². The third kappa shape index (κ3) is 6.20. The molecule has 0 aromatic heterocycles. The number of amides is 2. The van der Waals surface area contributed by atoms with Crippen LogP contribution >= 0.6 is 12.4 Å². The Morgan fingerprint density at radius 1 is 1.19 bits per heavy atom. The quantitative estimate of drug-likeness (QED) is 0.590. The van der Waals surface area contributed by atoms with Crippen molar-refractivity contribution in [2.45, 2.75) is 19.3 Å². The minimum absolute atomic E-state index is 0. The Morgan fingerprint density at radius 3 is 2.37 bits per heavy atom. The summed E-state index contributed by atoms with van der Waals surface area (Å²) in [5, 5.41) is 5.50. The molecule has 0 atom stereocenters. The summed E-state index contributed by atoms with van der Waals surface area (Å²) < 4.78 is 9.82. The molecule has 150 valence electrons. The summed E-state index contributed by atoms with van der Waals surface area (Å²) in [7, 11) is 1.30. The molecule has 0 spiro atoms. The second-order valence-electron chi connectivity index (χ2n) is 6.21. The van der Waals surface area contributed by atoms with E-state index in [1.165, 1.54) is 7.11 Å². The smallest absolute Gasteiger partial charge is 0.307 e. The monoisotopic (exact) mass is 399 g/mol. The lowest BCUT2D eigenvalue weighted by molar-refractivity contribution is -0.140. The summed E-state index contributed by atoms with van der Waals surface area (Å²) in [6.45, 7) is 1.51. The average Bonchev–Trinajstić information content (AvgIpc) is 2.68. The van der Waals surface area contributed by atoms with Crippen molar-refractivity contribution in [3.63, 3.8) is 0 Å². The van der Waals surface area contributed by atoms with Crippen LogP contribution in [-0.2, 0) is 19.1 Å². The minimum Gasteiger partial charge on any atom is -0.469 e. The molecule has 9 heteroatoms. The number of anilines is 1. The molecule has 1 aromatic carbocycles. The van der Waals surface area contributed by atoms with E-state index in [0.29, 0.717) is 37.3 Å². The van der Waals surface area contributed by atoms with Gasteiger partial charge in [-0.25, -0.2) is 0 Å². The number of carbonyl (C=O) groups excluding carboxylic acids is 3. The number of nitrogens with two attached hydrogens (primary N) is 1. The molecule has 1 aliphatic rings. The van der Waals surface area contributed by atoms with Gasteiger partial charge in [0.2, 0.25) is 5.91 Å². The van der Waals surface area contributed by atoms with Gasteiger partial charge in [0.25, 0.3) is 5.91 Å². The average molecular weight is 400 g/mol. The summed E-state index contributed by atoms with van der Waals surface area (Å²) in [5.41, 5.74) is 6.26. The van der Waals surface area contributed by atoms with Crippen molar-refractivity contribution in [3.05, 3.63) is 29.8 Å². The maximum atomic E-state index is 12.6. The maximum absolute atomic E-state index is 12.6. The van der Waals surface area contributed by atoms with Crippen molar-refractivity contribution in [2.75, 3.05) is 38.7 Å². The van der Waals surface area contributed by atoms with Crippen LogP contribution in [0, 0.1) is 5.41 Å². The summed E-state index contributed by atoms with van der Waals surface area (Å²) in [6.07, 6.45) is 1.30. The molecule has 1 aliphatic heterocycles. The Hall–Kier alpha value is -2.16. The van der Waals surface area contributed by atoms with Gasteiger partial charge in [-0.05, 0) is 37.1 Å². The standard InChI is InChI=1S/C18H25N3O5.ClH/c1-25-15(22)6-9-20-16(23)13-2-4-14(5-3-13)21-17(24)18(12-19)7-10-26-11-8-18;/h2-5H,6-12,19H2,1H3,(H,20,23)(H,21,24);1H. The second-order valence-corrected chi connectivity index (χ2v) is 6.21. The highest BCUT2D eigenvalue weighted by molar-refractivity contribution is 5.97. The van der Waals surface area contributed by atoms with Crippen molar-refractivity contribution in [1.29, 1.82) is 0 Å². The molecule has 1 aromatic rings. The minimum atomic E-state index is -0.609. The first-order valence-corrected chi connectivity index (χ1v) is 8.55. The van der Waals surface area contributed by atoms with Gasteiger partial charge < -0.3 is 25.8 Å². The van der Waals surface area contributed by atoms with Gasteiger partial charge in [-0.15, -0.1) is 12.4 Å². The highest BCUT2D eigenvalue weighted by Gasteiger charge is 2.38. The number of rotatable bonds is 7. The molecule has 2 amide bonds. The SMILES string of the molecule is COC(=O)CCNC(=O)c1ccc(NC(=O)C2(CN)CCOCC2)cc1.Cl. The molecule has 1 saturated heterocycles. The van der Waals surface area contributed by atoms with Gasteiger partial charge >= 0.3 is 5.97 Å². The van der Waals surface area contributed by atoms with E-state index < -0.39 is 5.41 Å². The molecule has 4 N–H and O–H groups in total. The normalized spacial score (nSPS) is 15.2. The Balaban J connectivity index is 0.00000364. The molecule has 1 heterocycles. The molecule has 0 bridgehead atoms. The first-order valence-electron chi connectivity index (χ1n) is 8.55. The maximum Gasteiger partial charge on any atom is 0.307 e. The van der Waals surface area contributed by atoms with Gasteiger partial charge in [0.05, 0.1) is 18.9 Å². The van der Waals surface area contributed by atoms with Crippen LogP contribution in [0.2, 0.25) is 0 Å². The number of benzene rings is 1. The molecule has 1 fully saturated rings. The molecule has 2 rings (SSSR count). The van der Waals surface area contributed by atoms with E-state index in [4.69, 9.17) is 10.5 Å². The first-order chi connectivity index (χ1) is 12.5. The van der Waals surface area contributed by atoms with Gasteiger partial charge in [0.15, 0.2) is 0 Å². The molecule has 0 aliphatic carbocycles. The van der Waals surface area contributed by atoms with Crippen LogP contribution in [0.4, 0.5) is 5.69 Å². The number of nitrogens with one attached hydrogen (secondary N) is 2. The molecular weight excluding hydrogens is 374 g/mol. The zero-order chi connectivity index (χ0) is 19.0. The van der Waals surface area contributed by atoms with E-state index in [-0.39, 0.29) is 49.7 Å². The number of hydrogen-bond donors (Lipinski definition) is 3. The summed E-state index contributed by atoms with van der Waals surface area (Å²) in [4.78, 5) is 35.6. The van der Waals surface area contributed by atoms with Crippen LogP contribution in [0.25, 0.3) is 0 Å². The fourth-order valence-corrected chi connectivity index (χ4v) is 2.74. The van der Waals surface area contributed by atoms with Gasteiger partial charge in [-0.1, -0.05) is 0 Å². The number of methoxy groups -OCH3 is 1. The van der Waals surface area contributed by atoms with Crippen molar-refractivity contribution in [1.82, 2.24) is 5.32 Å². The largest absolute Gasteiger partial charge is 0.469 e. The van der Waals surface area contributed by atoms with Crippen molar-refractivity contribution in [3.8, 4) is 0 Å². The second kappa shape index (κ2) is 10.9. The van der Waals surface area contributed by atoms with Crippen molar-refractivity contribution < 1.29 is 23.9 Å². The van der Waals surface area contributed by atoms with Crippen LogP contribution in [0.1, 0.15) is 29.6 Å². The predicted octanol–water partition coefficient (Wildman–Crippen LogP) is 1.10. The van der Waals surface area contributed by atoms with E-state index in [1.54, 1.807) is 24.3 Å². The number of hydrogen-bond acceptors (Lipinski definition) is 6. The first kappa shape index (κ1) is 22.9. The molecule has 0 saturated carbocycles. The lowest BCUT2D eigenvalue weighted by Crippen LogP contribution is -2.46. The summed E-state index contributed by atoms with van der Waals surface area (Å²) in [6, 6.07) is 6.55. The van der Waals surface area contributed by atoms with Crippen LogP contribution in [0.3, 0.4) is 0 Å². The summed E-state index contributed by atoms with van der Waals surface area (Å²) >= 11 is 0. The van der Waals surface area contributed by atoms with Gasteiger partial charge in [-0.2, -0.15) is 0 Å². The van der Waals surface area contributed by atoms with E-state index in [2.05, 4.69) is 15.4 Å². The number of halogens is 1. The molecule has 0 unspecified atom stereocenters. The zero-order valence-corrected chi connectivity index (χ0v) is 16.1. The Morgan fingerprint density at radius 2 is 1.81 bits per heavy atom. The fourth-order valence-electron chi connectivity index (χ4n) is 2.74. The third-order valence-electron chi connectivity index (χ3n) is 4.57. The molecular formula is C18H26ClN3O5. The van der Waals surface area contributed by atoms with E-state index in [9.17, 15) is 14.4 Å². The topological polar surface area (TPSA) is 120 Å². The van der Waals surface area contributed by atoms with E-state index >= 15 is 0 Å². The van der Waals surface area contributed by atoms with Gasteiger partial charge in [-0.3, -0.25) is 14.4 Å². The third-order valence-corrected chi connectivity index (χ3v) is 4.57. The lowest BCUT2D eigenvalue weighted by Gasteiger charge is -2.34. The highest BCUT2D eigenvalue weighted by atomic mass is 35.5. The zero-order valence-electron chi connectivity index (χ0n) is 15.3. The van der Waals surface area contributed by atoms with Crippen molar-refractivity contribution >= 4 is 35.9 Å². The Bertz CT molecular complexity index is 645. The number of carbonyl (C=O) groups is 3. The molecule has 0 radical (unpaired) electrons. The van der Waals surface area contributed by atoms with Crippen LogP contribution in [0.5, 0.6) is 0 Å². The Labute approximate surface area is 164 Å². The van der Waals surface area contributed by atoms with E-state index in [0.717, 1.165) is 0 Å². The number of esters is 1. The Kier molecular flexibility index (Phi) is 9.20. The van der Waals surface area contributed by atoms with Crippen molar-refractivity contribution in [2.24, 2.45) is 11.1 Å². The van der Waals surface area contributed by atoms with Crippen LogP contribution in [0.15, 0.2) is 24.3 Å². The molecule has 8 nitrogen and oxygen atoms in total. The van der Waals surface area contributed by atoms with Gasteiger partial charge in [0.1, 0.15) is 0 Å². The summed E-state index contributed by atoms with van der Waals surface area (Å²) in [5.74, 6) is -0.807. The fraction of sp³-hybridized carbons (Fsp3) is 0.500. The lowest BCUT2D eigenvalue weighted by atomic mass is 9.79. The number of ether oxygens (including phenoxy) is 2. The predicted molar refractivity (Wildman–Crippen MR) is 103 cm³/mol. The van der Waals surface area contributed by atoms with Crippen LogP contribution in [-0.4, -0.2) is 51.2 Å². The van der Waals surface area contributed by atoms with Crippen LogP contribution < -0.4 is 16.4 Å². The highest BCUT2D eigenvalue weighted by Crippen LogP contribution is 2.30. The molecule has 27 heavy (non-hydrogen) atoms.